The molecule has 1 heterocycles. The Hall–Kier alpha value is -0.750. The minimum atomic E-state index is -0.955. The van der Waals surface area contributed by atoms with Crippen LogP contribution in [0.5, 0.6) is 0 Å². The summed E-state index contributed by atoms with van der Waals surface area (Å²) in [4.78, 5) is 22.8. The lowest BCUT2D eigenvalue weighted by atomic mass is 10.0. The van der Waals surface area contributed by atoms with E-state index in [1.165, 1.54) is 0 Å². The molecule has 2 atom stereocenters. The second-order valence-electron chi connectivity index (χ2n) is 4.18. The standard InChI is InChI=1S/C11H20N2O3S/c1-17-7-5-9(11(15)16)13-10(14)8-4-2-3-6-12-8/h8-9,12H,2-7H2,1H3,(H,13,14)(H,15,16)/t8?,9-/m0/s1. The average molecular weight is 260 g/mol. The summed E-state index contributed by atoms with van der Waals surface area (Å²) in [5.41, 5.74) is 0. The molecule has 0 aliphatic carbocycles. The van der Waals surface area contributed by atoms with Gasteiger partial charge in [-0.25, -0.2) is 4.79 Å². The van der Waals surface area contributed by atoms with E-state index in [0.717, 1.165) is 31.6 Å². The summed E-state index contributed by atoms with van der Waals surface area (Å²) in [6, 6.07) is -0.987. The Kier molecular flexibility index (Phi) is 6.36. The highest BCUT2D eigenvalue weighted by molar-refractivity contribution is 7.98. The third-order valence-corrected chi connectivity index (χ3v) is 3.50. The van der Waals surface area contributed by atoms with Crippen LogP contribution < -0.4 is 10.6 Å². The van der Waals surface area contributed by atoms with Crippen molar-refractivity contribution in [3.63, 3.8) is 0 Å². The molecular weight excluding hydrogens is 240 g/mol. The molecule has 0 aromatic heterocycles. The topological polar surface area (TPSA) is 78.4 Å². The first-order valence-electron chi connectivity index (χ1n) is 5.90. The van der Waals surface area contributed by atoms with Crippen molar-refractivity contribution in [1.29, 1.82) is 0 Å². The number of carbonyl (C=O) groups excluding carboxylic acids is 1. The van der Waals surface area contributed by atoms with E-state index in [1.54, 1.807) is 11.8 Å². The minimum absolute atomic E-state index is 0.182. The maximum Gasteiger partial charge on any atom is 0.326 e. The number of aliphatic carboxylic acids is 1. The molecule has 17 heavy (non-hydrogen) atoms. The van der Waals surface area contributed by atoms with E-state index in [1.807, 2.05) is 6.26 Å². The number of carboxylic acid groups (broad SMARTS) is 1. The summed E-state index contributed by atoms with van der Waals surface area (Å²) in [5.74, 6) is -0.406. The van der Waals surface area contributed by atoms with Gasteiger partial charge in [-0.2, -0.15) is 11.8 Å². The third-order valence-electron chi connectivity index (χ3n) is 2.85. The van der Waals surface area contributed by atoms with Gasteiger partial charge in [-0.1, -0.05) is 6.42 Å². The Morgan fingerprint density at radius 3 is 2.82 bits per heavy atom. The van der Waals surface area contributed by atoms with Crippen molar-refractivity contribution in [3.8, 4) is 0 Å². The highest BCUT2D eigenvalue weighted by atomic mass is 32.2. The molecule has 0 saturated carbocycles. The van der Waals surface area contributed by atoms with Crippen LogP contribution in [0.1, 0.15) is 25.7 Å². The Labute approximate surface area is 106 Å². The van der Waals surface area contributed by atoms with Crippen molar-refractivity contribution < 1.29 is 14.7 Å². The molecule has 1 unspecified atom stereocenters. The van der Waals surface area contributed by atoms with E-state index < -0.39 is 12.0 Å². The number of carboxylic acids is 1. The predicted octanol–water partition coefficient (Wildman–Crippen LogP) is 0.451. The van der Waals surface area contributed by atoms with Crippen molar-refractivity contribution in [3.05, 3.63) is 0 Å². The maximum absolute atomic E-state index is 11.8. The van der Waals surface area contributed by atoms with Crippen molar-refractivity contribution in [2.75, 3.05) is 18.6 Å². The van der Waals surface area contributed by atoms with Gasteiger partial charge in [0.15, 0.2) is 0 Å². The average Bonchev–Trinajstić information content (AvgIpc) is 2.35. The normalized spacial score (nSPS) is 21.8. The molecule has 0 spiro atoms. The molecule has 0 radical (unpaired) electrons. The quantitative estimate of drug-likeness (QED) is 0.646. The number of carbonyl (C=O) groups is 2. The smallest absolute Gasteiger partial charge is 0.326 e. The largest absolute Gasteiger partial charge is 0.480 e. The van der Waals surface area contributed by atoms with Gasteiger partial charge in [-0.05, 0) is 37.8 Å². The number of hydrogen-bond acceptors (Lipinski definition) is 4. The first kappa shape index (κ1) is 14.3. The van der Waals surface area contributed by atoms with Crippen LogP contribution in [-0.4, -0.2) is 47.6 Å². The van der Waals surface area contributed by atoms with Crippen molar-refractivity contribution in [2.45, 2.75) is 37.8 Å². The summed E-state index contributed by atoms with van der Waals surface area (Å²) in [7, 11) is 0. The van der Waals surface area contributed by atoms with Gasteiger partial charge in [0, 0.05) is 0 Å². The molecule has 1 aliphatic heterocycles. The fraction of sp³-hybridized carbons (Fsp3) is 0.818. The van der Waals surface area contributed by atoms with Crippen LogP contribution in [0.4, 0.5) is 0 Å². The van der Waals surface area contributed by atoms with Crippen LogP contribution in [0.2, 0.25) is 0 Å². The van der Waals surface area contributed by atoms with E-state index in [9.17, 15) is 9.59 Å². The first-order chi connectivity index (χ1) is 8.15. The van der Waals surface area contributed by atoms with Crippen LogP contribution in [0.3, 0.4) is 0 Å². The number of rotatable bonds is 6. The zero-order valence-corrected chi connectivity index (χ0v) is 10.9. The maximum atomic E-state index is 11.8. The van der Waals surface area contributed by atoms with Gasteiger partial charge in [-0.3, -0.25) is 4.79 Å². The fourth-order valence-electron chi connectivity index (χ4n) is 1.84. The zero-order chi connectivity index (χ0) is 12.7. The first-order valence-corrected chi connectivity index (χ1v) is 7.30. The van der Waals surface area contributed by atoms with Gasteiger partial charge in [0.25, 0.3) is 0 Å². The summed E-state index contributed by atoms with van der Waals surface area (Å²) in [5, 5.41) is 14.7. The molecule has 0 aromatic rings. The van der Waals surface area contributed by atoms with Gasteiger partial charge in [0.1, 0.15) is 6.04 Å². The summed E-state index contributed by atoms with van der Waals surface area (Å²) in [6.45, 7) is 0.834. The molecule has 0 aromatic carbocycles. The Morgan fingerprint density at radius 1 is 1.53 bits per heavy atom. The lowest BCUT2D eigenvalue weighted by Gasteiger charge is -2.24. The number of nitrogens with one attached hydrogen (secondary N) is 2. The van der Waals surface area contributed by atoms with E-state index in [4.69, 9.17) is 5.11 Å². The Morgan fingerprint density at radius 2 is 2.29 bits per heavy atom. The van der Waals surface area contributed by atoms with Crippen molar-refractivity contribution in [2.24, 2.45) is 0 Å². The highest BCUT2D eigenvalue weighted by Gasteiger charge is 2.25. The molecule has 1 saturated heterocycles. The molecule has 98 valence electrons. The molecule has 3 N–H and O–H groups in total. The van der Waals surface area contributed by atoms with Crippen molar-refractivity contribution in [1.82, 2.24) is 10.6 Å². The molecule has 1 amide bonds. The molecule has 6 heteroatoms. The van der Waals surface area contributed by atoms with Crippen LogP contribution in [0.25, 0.3) is 0 Å². The molecule has 1 fully saturated rings. The SMILES string of the molecule is CSCC[C@H](NC(=O)C1CCCCN1)C(=O)O. The second-order valence-corrected chi connectivity index (χ2v) is 5.17. The van der Waals surface area contributed by atoms with Gasteiger partial charge in [0.05, 0.1) is 6.04 Å². The lowest BCUT2D eigenvalue weighted by Crippen LogP contribution is -2.51. The van der Waals surface area contributed by atoms with Crippen LogP contribution >= 0.6 is 11.8 Å². The van der Waals surface area contributed by atoms with Crippen LogP contribution in [0, 0.1) is 0 Å². The van der Waals surface area contributed by atoms with Gasteiger partial charge in [-0.15, -0.1) is 0 Å². The Bertz CT molecular complexity index is 267. The molecule has 1 aliphatic rings. The van der Waals surface area contributed by atoms with Crippen LogP contribution in [-0.2, 0) is 9.59 Å². The minimum Gasteiger partial charge on any atom is -0.480 e. The highest BCUT2D eigenvalue weighted by Crippen LogP contribution is 2.08. The van der Waals surface area contributed by atoms with Gasteiger partial charge >= 0.3 is 5.97 Å². The lowest BCUT2D eigenvalue weighted by molar-refractivity contribution is -0.142. The molecule has 0 bridgehead atoms. The molecule has 5 nitrogen and oxygen atoms in total. The van der Waals surface area contributed by atoms with E-state index in [2.05, 4.69) is 10.6 Å². The zero-order valence-electron chi connectivity index (χ0n) is 10.1. The number of hydrogen-bond donors (Lipinski definition) is 3. The van der Waals surface area contributed by atoms with Crippen molar-refractivity contribution >= 4 is 23.6 Å². The van der Waals surface area contributed by atoms with E-state index >= 15 is 0 Å². The Balaban J connectivity index is 2.42. The summed E-state index contributed by atoms with van der Waals surface area (Å²) < 4.78 is 0. The third kappa shape index (κ3) is 4.95. The summed E-state index contributed by atoms with van der Waals surface area (Å²) >= 11 is 1.58. The monoisotopic (exact) mass is 260 g/mol. The van der Waals surface area contributed by atoms with E-state index in [-0.39, 0.29) is 11.9 Å². The number of piperidine rings is 1. The van der Waals surface area contributed by atoms with Gasteiger partial charge < -0.3 is 15.7 Å². The molecule has 1 rings (SSSR count). The van der Waals surface area contributed by atoms with Crippen LogP contribution in [0.15, 0.2) is 0 Å². The number of amides is 1. The molecular formula is C11H20N2O3S. The number of thioether (sulfide) groups is 1. The summed E-state index contributed by atoms with van der Waals surface area (Å²) in [6.07, 6.45) is 5.28. The fourth-order valence-corrected chi connectivity index (χ4v) is 2.31. The van der Waals surface area contributed by atoms with Gasteiger partial charge in [0.2, 0.25) is 5.91 Å². The van der Waals surface area contributed by atoms with E-state index in [0.29, 0.717) is 6.42 Å². The predicted molar refractivity (Wildman–Crippen MR) is 68.2 cm³/mol. The second kappa shape index (κ2) is 7.55.